The molecule has 0 bridgehead atoms. The van der Waals surface area contributed by atoms with Crippen molar-refractivity contribution in [3.8, 4) is 0 Å². The first-order chi connectivity index (χ1) is 21.2. The molecular weight excluding hydrogens is 568 g/mol. The maximum atomic E-state index is 14.1. The smallest absolute Gasteiger partial charge is 0.303 e. The fourth-order valence-electron chi connectivity index (χ4n) is 5.07. The molecule has 0 radical (unpaired) electrons. The lowest BCUT2D eigenvalue weighted by Gasteiger charge is -2.31. The number of rotatable bonds is 14. The van der Waals surface area contributed by atoms with Gasteiger partial charge in [-0.3, -0.25) is 28.9 Å². The third-order valence-corrected chi connectivity index (χ3v) is 7.61. The molecule has 0 spiro atoms. The Labute approximate surface area is 254 Å². The van der Waals surface area contributed by atoms with Crippen molar-refractivity contribution < 1.29 is 29.1 Å². The van der Waals surface area contributed by atoms with Crippen molar-refractivity contribution in [3.05, 3.63) is 71.5 Å². The van der Waals surface area contributed by atoms with Gasteiger partial charge >= 0.3 is 5.97 Å². The molecule has 4 amide bonds. The number of carbonyl (C=O) groups is 5. The molecule has 0 fully saturated rings. The van der Waals surface area contributed by atoms with Gasteiger partial charge in [0.2, 0.25) is 23.6 Å². The summed E-state index contributed by atoms with van der Waals surface area (Å²) in [4.78, 5) is 66.8. The van der Waals surface area contributed by atoms with Crippen molar-refractivity contribution in [3.63, 3.8) is 0 Å². The summed E-state index contributed by atoms with van der Waals surface area (Å²) in [6.45, 7) is 3.66. The van der Waals surface area contributed by atoms with Gasteiger partial charge in [-0.05, 0) is 29.5 Å². The zero-order valence-electron chi connectivity index (χ0n) is 24.5. The molecule has 2 aromatic carbocycles. The van der Waals surface area contributed by atoms with Gasteiger partial charge in [0.25, 0.3) is 0 Å². The van der Waals surface area contributed by atoms with E-state index in [1.54, 1.807) is 36.4 Å². The number of aromatic amines is 1. The highest BCUT2D eigenvalue weighted by molar-refractivity contribution is 6.07. The first-order valence-electron chi connectivity index (χ1n) is 14.4. The van der Waals surface area contributed by atoms with Crippen LogP contribution >= 0.6 is 0 Å². The molecule has 4 rings (SSSR count). The Bertz CT molecular complexity index is 1470. The van der Waals surface area contributed by atoms with Gasteiger partial charge in [0.1, 0.15) is 18.1 Å². The second-order valence-corrected chi connectivity index (χ2v) is 10.7. The molecule has 2 heterocycles. The number of amides is 4. The Morgan fingerprint density at radius 2 is 1.77 bits per heavy atom. The van der Waals surface area contributed by atoms with Crippen LogP contribution in [0.5, 0.6) is 0 Å². The predicted molar refractivity (Wildman–Crippen MR) is 158 cm³/mol. The number of carbonyl (C=O) groups excluding carboxylic acids is 4. The van der Waals surface area contributed by atoms with Crippen LogP contribution in [0, 0.1) is 5.92 Å². The first-order valence-corrected chi connectivity index (χ1v) is 14.4. The third kappa shape index (κ3) is 8.02. The number of nitrogens with zero attached hydrogens (tertiary/aromatic N) is 4. The number of H-pyrrole nitrogens is 1. The summed E-state index contributed by atoms with van der Waals surface area (Å²) in [5.74, 6) is -3.28. The van der Waals surface area contributed by atoms with Crippen molar-refractivity contribution in [1.29, 1.82) is 0 Å². The molecule has 44 heavy (non-hydrogen) atoms. The molecule has 1 aromatic heterocycles. The van der Waals surface area contributed by atoms with Crippen LogP contribution in [0.15, 0.2) is 54.6 Å². The normalized spacial score (nSPS) is 15.9. The van der Waals surface area contributed by atoms with Crippen molar-refractivity contribution in [2.75, 3.05) is 4.90 Å². The van der Waals surface area contributed by atoms with E-state index in [0.717, 1.165) is 11.1 Å². The largest absolute Gasteiger partial charge is 0.481 e. The number of carboxylic acids is 1. The SMILES string of the molecule is CC[C@H](C)[C@H](NC(=O)Cc1ccccc1)C(=O)N[C@@H](CCC(=O)O)C(=O)N1c2ccccc2C[C@H]1C(=O)NCc1nn[nH]n1. The molecule has 14 nitrogen and oxygen atoms in total. The Kier molecular flexibility index (Phi) is 10.7. The number of aliphatic carboxylic acids is 1. The molecule has 1 aliphatic rings. The average molecular weight is 605 g/mol. The number of aromatic nitrogens is 4. The molecule has 0 aliphatic carbocycles. The van der Waals surface area contributed by atoms with Gasteiger partial charge in [0.15, 0.2) is 5.82 Å². The second kappa shape index (κ2) is 14.8. The average Bonchev–Trinajstić information content (AvgIpc) is 3.68. The molecule has 232 valence electrons. The third-order valence-electron chi connectivity index (χ3n) is 7.61. The van der Waals surface area contributed by atoms with E-state index >= 15 is 0 Å². The van der Waals surface area contributed by atoms with Crippen LogP contribution in [-0.2, 0) is 43.4 Å². The second-order valence-electron chi connectivity index (χ2n) is 10.7. The summed E-state index contributed by atoms with van der Waals surface area (Å²) in [5, 5.41) is 31.0. The molecule has 3 aromatic rings. The van der Waals surface area contributed by atoms with Gasteiger partial charge in [0, 0.05) is 18.5 Å². The number of carboxylic acid groups (broad SMARTS) is 1. The van der Waals surface area contributed by atoms with Crippen molar-refractivity contribution in [2.45, 2.75) is 70.6 Å². The minimum Gasteiger partial charge on any atom is -0.481 e. The highest BCUT2D eigenvalue weighted by Crippen LogP contribution is 2.33. The number of nitrogens with one attached hydrogen (secondary N) is 4. The minimum absolute atomic E-state index is 0.0251. The van der Waals surface area contributed by atoms with Gasteiger partial charge in [-0.1, -0.05) is 74.0 Å². The number of fused-ring (bicyclic) bond motifs is 1. The monoisotopic (exact) mass is 604 g/mol. The summed E-state index contributed by atoms with van der Waals surface area (Å²) < 4.78 is 0. The number of hydrogen-bond donors (Lipinski definition) is 5. The van der Waals surface area contributed by atoms with Gasteiger partial charge < -0.3 is 21.1 Å². The van der Waals surface area contributed by atoms with E-state index in [2.05, 4.69) is 36.6 Å². The molecule has 14 heteroatoms. The minimum atomic E-state index is -1.28. The first kappa shape index (κ1) is 31.8. The van der Waals surface area contributed by atoms with E-state index in [1.807, 2.05) is 32.0 Å². The zero-order valence-corrected chi connectivity index (χ0v) is 24.5. The van der Waals surface area contributed by atoms with Crippen LogP contribution in [0.3, 0.4) is 0 Å². The lowest BCUT2D eigenvalue weighted by atomic mass is 9.97. The number of tetrazole rings is 1. The Hall–Kier alpha value is -5.14. The molecule has 0 saturated heterocycles. The van der Waals surface area contributed by atoms with Crippen LogP contribution in [0.2, 0.25) is 0 Å². The Morgan fingerprint density at radius 3 is 2.45 bits per heavy atom. The van der Waals surface area contributed by atoms with E-state index in [9.17, 15) is 29.1 Å². The molecule has 0 saturated carbocycles. The van der Waals surface area contributed by atoms with Crippen molar-refractivity contribution in [1.82, 2.24) is 36.6 Å². The lowest BCUT2D eigenvalue weighted by Crippen LogP contribution is -2.58. The quantitative estimate of drug-likeness (QED) is 0.177. The highest BCUT2D eigenvalue weighted by Gasteiger charge is 2.42. The summed E-state index contributed by atoms with van der Waals surface area (Å²) in [7, 11) is 0. The van der Waals surface area contributed by atoms with Gasteiger partial charge in [-0.25, -0.2) is 0 Å². The number of hydrogen-bond acceptors (Lipinski definition) is 8. The van der Waals surface area contributed by atoms with E-state index in [1.165, 1.54) is 4.90 Å². The summed E-state index contributed by atoms with van der Waals surface area (Å²) in [6, 6.07) is 12.9. The number of anilines is 1. The van der Waals surface area contributed by atoms with Crippen LogP contribution < -0.4 is 20.9 Å². The van der Waals surface area contributed by atoms with Crippen molar-refractivity contribution >= 4 is 35.3 Å². The summed E-state index contributed by atoms with van der Waals surface area (Å²) in [5.41, 5.74) is 2.01. The molecule has 0 unspecified atom stereocenters. The van der Waals surface area contributed by atoms with Gasteiger partial charge in [-0.15, -0.1) is 10.2 Å². The maximum Gasteiger partial charge on any atom is 0.303 e. The fourth-order valence-corrected chi connectivity index (χ4v) is 5.07. The lowest BCUT2D eigenvalue weighted by molar-refractivity contribution is -0.138. The Morgan fingerprint density at radius 1 is 1.05 bits per heavy atom. The number of benzene rings is 2. The zero-order chi connectivity index (χ0) is 31.6. The van der Waals surface area contributed by atoms with Crippen LogP contribution in [0.4, 0.5) is 5.69 Å². The standard InChI is InChI=1S/C30H36N8O6/c1-3-18(2)27(33-25(39)15-19-9-5-4-6-10-19)29(43)32-21(13-14-26(40)41)30(44)38-22-12-8-7-11-20(22)16-23(38)28(42)31-17-24-34-36-37-35-24/h4-12,18,21,23,27H,3,13-17H2,1-2H3,(H,31,42)(H,32,43)(H,33,39)(H,40,41)(H,34,35,36,37)/t18-,21-,23-,27-/m0/s1. The molecule has 5 N–H and O–H groups in total. The van der Waals surface area contributed by atoms with Crippen LogP contribution in [0.25, 0.3) is 0 Å². The molecular formula is C30H36N8O6. The summed E-state index contributed by atoms with van der Waals surface area (Å²) in [6.07, 6.45) is 0.202. The number of para-hydroxylation sites is 1. The van der Waals surface area contributed by atoms with E-state index in [0.29, 0.717) is 12.1 Å². The highest BCUT2D eigenvalue weighted by atomic mass is 16.4. The molecule has 4 atom stereocenters. The maximum absolute atomic E-state index is 14.1. The van der Waals surface area contributed by atoms with E-state index < -0.39 is 48.2 Å². The van der Waals surface area contributed by atoms with Crippen LogP contribution in [-0.4, -0.2) is 73.5 Å². The Balaban J connectivity index is 1.55. The van der Waals surface area contributed by atoms with Gasteiger partial charge in [0.05, 0.1) is 13.0 Å². The predicted octanol–water partition coefficient (Wildman–Crippen LogP) is 0.897. The van der Waals surface area contributed by atoms with Gasteiger partial charge in [-0.2, -0.15) is 5.21 Å². The van der Waals surface area contributed by atoms with Crippen molar-refractivity contribution in [2.24, 2.45) is 5.92 Å². The van der Waals surface area contributed by atoms with Crippen LogP contribution in [0.1, 0.15) is 50.1 Å². The fraction of sp³-hybridized carbons (Fsp3) is 0.400. The molecule has 1 aliphatic heterocycles. The topological polar surface area (TPSA) is 199 Å². The van der Waals surface area contributed by atoms with E-state index in [-0.39, 0.29) is 43.5 Å². The summed E-state index contributed by atoms with van der Waals surface area (Å²) >= 11 is 0. The van der Waals surface area contributed by atoms with E-state index in [4.69, 9.17) is 0 Å².